The van der Waals surface area contributed by atoms with E-state index in [1.165, 1.54) is 5.56 Å². The molecule has 1 unspecified atom stereocenters. The first-order valence-electron chi connectivity index (χ1n) is 11.3. The average Bonchev–Trinajstić information content (AvgIpc) is 3.31. The third-order valence-electron chi connectivity index (χ3n) is 5.44. The fraction of sp³-hybridized carbons (Fsp3) is 0.207. The van der Waals surface area contributed by atoms with E-state index >= 15 is 0 Å². The molecule has 0 saturated heterocycles. The maximum atomic E-state index is 10.9. The third-order valence-corrected chi connectivity index (χ3v) is 5.44. The first kappa shape index (κ1) is 30.8. The maximum Gasteiger partial charge on any atom is 0.180 e. The van der Waals surface area contributed by atoms with Gasteiger partial charge in [-0.1, -0.05) is 48.9 Å². The van der Waals surface area contributed by atoms with Gasteiger partial charge in [0.05, 0.1) is 18.2 Å². The van der Waals surface area contributed by atoms with Gasteiger partial charge in [-0.05, 0) is 21.0 Å². The van der Waals surface area contributed by atoms with Gasteiger partial charge in [0.25, 0.3) is 0 Å². The minimum Gasteiger partial charge on any atom is -0.376 e. The van der Waals surface area contributed by atoms with E-state index in [2.05, 4.69) is 73.5 Å². The van der Waals surface area contributed by atoms with Gasteiger partial charge in [0.2, 0.25) is 0 Å². The van der Waals surface area contributed by atoms with Crippen LogP contribution in [0.1, 0.15) is 23.1 Å². The van der Waals surface area contributed by atoms with Crippen LogP contribution in [-0.4, -0.2) is 45.7 Å². The number of imidazole rings is 1. The number of nitrogens with zero attached hydrogens (tertiary/aromatic N) is 4. The first-order valence-corrected chi connectivity index (χ1v) is 11.3. The number of rotatable bonds is 6. The molecule has 0 amide bonds. The summed E-state index contributed by atoms with van der Waals surface area (Å²) in [4.78, 5) is 21.9. The SMILES string of the molecule is C=C.Cc1ccc(-c2cnc3c(Nc4ccc([C-]=O)c(C)c4)nccn23)cc1.[CH2-]CC([CH2-])N(C)C.[V]. The molecule has 1 radical (unpaired) electrons. The van der Waals surface area contributed by atoms with E-state index in [1.807, 2.05) is 61.1 Å². The smallest absolute Gasteiger partial charge is 0.180 e. The molecule has 36 heavy (non-hydrogen) atoms. The zero-order valence-electron chi connectivity index (χ0n) is 21.5. The molecule has 4 aromatic rings. The normalized spacial score (nSPS) is 10.9. The number of fused-ring (bicyclic) bond motifs is 1. The molecule has 0 aliphatic carbocycles. The molecule has 2 aromatic heterocycles. The molecule has 1 atom stereocenters. The van der Waals surface area contributed by atoms with Crippen molar-refractivity contribution in [1.82, 2.24) is 19.3 Å². The van der Waals surface area contributed by atoms with Crippen LogP contribution in [0.5, 0.6) is 0 Å². The number of aromatic nitrogens is 3. The summed E-state index contributed by atoms with van der Waals surface area (Å²) in [5, 5.41) is 3.29. The third kappa shape index (κ3) is 7.92. The van der Waals surface area contributed by atoms with Crippen LogP contribution >= 0.6 is 0 Å². The summed E-state index contributed by atoms with van der Waals surface area (Å²) in [6.45, 7) is 17.5. The molecule has 0 aliphatic heterocycles. The van der Waals surface area contributed by atoms with Crippen molar-refractivity contribution in [3.63, 3.8) is 0 Å². The Morgan fingerprint density at radius 1 is 1.11 bits per heavy atom. The second-order valence-electron chi connectivity index (χ2n) is 8.14. The van der Waals surface area contributed by atoms with Crippen LogP contribution in [0, 0.1) is 27.7 Å². The summed E-state index contributed by atoms with van der Waals surface area (Å²) in [7, 11) is 4.01. The number of nitrogens with one attached hydrogen (secondary N) is 1. The van der Waals surface area contributed by atoms with E-state index in [-0.39, 0.29) is 18.6 Å². The monoisotopic (exact) mass is 519 g/mol. The average molecular weight is 520 g/mol. The Morgan fingerprint density at radius 2 is 1.78 bits per heavy atom. The molecular weight excluding hydrogens is 485 g/mol. The molecule has 6 nitrogen and oxygen atoms in total. The van der Waals surface area contributed by atoms with Gasteiger partial charge < -0.3 is 28.9 Å². The Labute approximate surface area is 227 Å². The summed E-state index contributed by atoms with van der Waals surface area (Å²) in [6.07, 6.45) is 8.31. The van der Waals surface area contributed by atoms with Gasteiger partial charge >= 0.3 is 0 Å². The molecule has 0 fully saturated rings. The van der Waals surface area contributed by atoms with E-state index in [4.69, 9.17) is 0 Å². The van der Waals surface area contributed by atoms with Crippen molar-refractivity contribution in [2.24, 2.45) is 0 Å². The Bertz CT molecular complexity index is 1230. The zero-order valence-corrected chi connectivity index (χ0v) is 22.9. The van der Waals surface area contributed by atoms with E-state index < -0.39 is 0 Å². The molecule has 2 heterocycles. The number of hydrogen-bond donors (Lipinski definition) is 1. The van der Waals surface area contributed by atoms with Gasteiger partial charge in [0.1, 0.15) is 0 Å². The van der Waals surface area contributed by atoms with Crippen molar-refractivity contribution < 1.29 is 23.4 Å². The van der Waals surface area contributed by atoms with Gasteiger partial charge in [-0.2, -0.15) is 12.5 Å². The van der Waals surface area contributed by atoms with Crippen LogP contribution in [-0.2, 0) is 23.4 Å². The second kappa shape index (κ2) is 15.0. The minimum absolute atomic E-state index is 0. The molecule has 0 saturated carbocycles. The van der Waals surface area contributed by atoms with Crippen molar-refractivity contribution in [2.75, 3.05) is 19.4 Å². The van der Waals surface area contributed by atoms with Crippen LogP contribution in [0.15, 0.2) is 74.2 Å². The zero-order chi connectivity index (χ0) is 26.0. The fourth-order valence-corrected chi connectivity index (χ4v) is 3.20. The molecule has 0 bridgehead atoms. The molecule has 189 valence electrons. The first-order chi connectivity index (χ1) is 16.8. The van der Waals surface area contributed by atoms with Crippen molar-refractivity contribution in [1.29, 1.82) is 0 Å². The number of benzene rings is 2. The summed E-state index contributed by atoms with van der Waals surface area (Å²) < 4.78 is 2.01. The summed E-state index contributed by atoms with van der Waals surface area (Å²) >= 11 is 0. The Kier molecular flexibility index (Phi) is 12.9. The molecule has 1 N–H and O–H groups in total. The predicted molar refractivity (Wildman–Crippen MR) is 146 cm³/mol. The van der Waals surface area contributed by atoms with E-state index in [9.17, 15) is 4.79 Å². The molecule has 7 heteroatoms. The van der Waals surface area contributed by atoms with E-state index in [1.54, 1.807) is 12.3 Å². The summed E-state index contributed by atoms with van der Waals surface area (Å²) in [6, 6.07) is 14.2. The van der Waals surface area contributed by atoms with Crippen molar-refractivity contribution >= 4 is 23.4 Å². The Hall–Kier alpha value is -3.19. The van der Waals surface area contributed by atoms with Crippen molar-refractivity contribution in [2.45, 2.75) is 26.3 Å². The van der Waals surface area contributed by atoms with Gasteiger partial charge in [-0.25, -0.2) is 9.97 Å². The fourth-order valence-electron chi connectivity index (χ4n) is 3.20. The van der Waals surface area contributed by atoms with Gasteiger partial charge in [0.15, 0.2) is 11.5 Å². The van der Waals surface area contributed by atoms with Crippen LogP contribution in [0.2, 0.25) is 0 Å². The predicted octanol–water partition coefficient (Wildman–Crippen LogP) is 5.99. The number of carbonyl (C=O) groups excluding carboxylic acids is 1. The standard InChI is InChI=1S/C21H17N4O.C6H13N.C2H4.V/c1-14-3-5-16(6-4-14)19-12-23-21-20(22-9-10-25(19)21)24-18-8-7-17(13-26)15(2)11-18;1-5-6(2)7(3)4;1-2;/h3-12H,1-2H3,(H,22,24);6H,1-2,5H2,3-4H3;1-2H2;/q-1;-2;;. The number of hydrogen-bond acceptors (Lipinski definition) is 5. The van der Waals surface area contributed by atoms with Crippen molar-refractivity contribution in [3.8, 4) is 11.3 Å². The Morgan fingerprint density at radius 3 is 2.31 bits per heavy atom. The number of aryl methyl sites for hydroxylation is 2. The second-order valence-corrected chi connectivity index (χ2v) is 8.14. The summed E-state index contributed by atoms with van der Waals surface area (Å²) in [5.74, 6) is 0.660. The Balaban J connectivity index is 0.000000565. The van der Waals surface area contributed by atoms with Crippen LogP contribution in [0.3, 0.4) is 0 Å². The van der Waals surface area contributed by atoms with Gasteiger partial charge in [-0.3, -0.25) is 4.40 Å². The van der Waals surface area contributed by atoms with Gasteiger partial charge in [-0.15, -0.1) is 30.3 Å². The summed E-state index contributed by atoms with van der Waals surface area (Å²) in [5.41, 5.74) is 6.34. The largest absolute Gasteiger partial charge is 0.376 e. The minimum atomic E-state index is 0. The van der Waals surface area contributed by atoms with E-state index in [0.29, 0.717) is 17.4 Å². The van der Waals surface area contributed by atoms with Gasteiger partial charge in [0, 0.05) is 42.2 Å². The quantitative estimate of drug-likeness (QED) is 0.251. The molecule has 0 spiro atoms. The molecule has 4 rings (SSSR count). The number of anilines is 2. The van der Waals surface area contributed by atoms with Crippen molar-refractivity contribution in [3.05, 3.63) is 105 Å². The topological polar surface area (TPSA) is 62.5 Å². The molecule has 0 aliphatic rings. The van der Waals surface area contributed by atoms with E-state index in [0.717, 1.165) is 34.6 Å². The molecular formula is C29H34N5OV-3. The van der Waals surface area contributed by atoms with Crippen LogP contribution in [0.25, 0.3) is 16.9 Å². The van der Waals surface area contributed by atoms with Crippen LogP contribution in [0.4, 0.5) is 11.5 Å². The molecule has 2 aromatic carbocycles. The van der Waals surface area contributed by atoms with Crippen LogP contribution < -0.4 is 5.32 Å². The maximum absolute atomic E-state index is 10.9.